The predicted molar refractivity (Wildman–Crippen MR) is 61.3 cm³/mol. The van der Waals surface area contributed by atoms with E-state index in [0.29, 0.717) is 6.42 Å². The zero-order chi connectivity index (χ0) is 11.1. The van der Waals surface area contributed by atoms with E-state index < -0.39 is 0 Å². The van der Waals surface area contributed by atoms with Gasteiger partial charge in [0.25, 0.3) is 0 Å². The maximum absolute atomic E-state index is 5.33. The van der Waals surface area contributed by atoms with Gasteiger partial charge in [0.1, 0.15) is 0 Å². The molecule has 0 saturated carbocycles. The van der Waals surface area contributed by atoms with Crippen LogP contribution >= 0.6 is 0 Å². The molecule has 0 radical (unpaired) electrons. The van der Waals surface area contributed by atoms with Crippen LogP contribution in [0.25, 0.3) is 0 Å². The Bertz CT molecular complexity index is 324. The zero-order valence-corrected chi connectivity index (χ0v) is 9.33. The number of aromatic nitrogens is 2. The molecule has 1 atom stereocenters. The fraction of sp³-hybridized carbons (Fsp3) is 0.500. The van der Waals surface area contributed by atoms with E-state index in [-0.39, 0.29) is 6.04 Å². The Morgan fingerprint density at radius 2 is 2.27 bits per heavy atom. The highest BCUT2D eigenvalue weighted by atomic mass is 14.9. The second-order valence-electron chi connectivity index (χ2n) is 3.50. The van der Waals surface area contributed by atoms with Crippen molar-refractivity contribution in [1.29, 1.82) is 0 Å². The highest BCUT2D eigenvalue weighted by Crippen LogP contribution is 2.12. The number of hydrogen-bond acceptors (Lipinski definition) is 3. The average molecular weight is 203 g/mol. The van der Waals surface area contributed by atoms with E-state index in [1.165, 1.54) is 0 Å². The van der Waals surface area contributed by atoms with Crippen LogP contribution in [0.2, 0.25) is 0 Å². The van der Waals surface area contributed by atoms with Crippen molar-refractivity contribution in [1.82, 2.24) is 15.3 Å². The Morgan fingerprint density at radius 3 is 2.80 bits per heavy atom. The van der Waals surface area contributed by atoms with E-state index >= 15 is 0 Å². The molecule has 0 amide bonds. The number of rotatable bonds is 5. The molecule has 1 heterocycles. The van der Waals surface area contributed by atoms with Gasteiger partial charge in [0, 0.05) is 12.6 Å². The van der Waals surface area contributed by atoms with E-state index in [1.54, 1.807) is 12.4 Å². The van der Waals surface area contributed by atoms with Crippen molar-refractivity contribution >= 4 is 0 Å². The highest BCUT2D eigenvalue weighted by Gasteiger charge is 2.10. The molecule has 0 aliphatic rings. The van der Waals surface area contributed by atoms with Crippen molar-refractivity contribution in [2.24, 2.45) is 0 Å². The predicted octanol–water partition coefficient (Wildman–Crippen LogP) is 1.85. The number of terminal acetylenes is 1. The molecule has 1 rings (SSSR count). The Morgan fingerprint density at radius 1 is 1.47 bits per heavy atom. The van der Waals surface area contributed by atoms with E-state index in [1.807, 2.05) is 6.92 Å². The molecule has 0 saturated heterocycles. The number of nitrogens with zero attached hydrogens (tertiary/aromatic N) is 2. The molecule has 3 heteroatoms. The fourth-order valence-electron chi connectivity index (χ4n) is 1.30. The Hall–Kier alpha value is -1.40. The van der Waals surface area contributed by atoms with Gasteiger partial charge in [-0.15, -0.1) is 12.3 Å². The average Bonchev–Trinajstić information content (AvgIpc) is 2.25. The third-order valence-electron chi connectivity index (χ3n) is 2.12. The first-order valence-corrected chi connectivity index (χ1v) is 5.23. The summed E-state index contributed by atoms with van der Waals surface area (Å²) in [4.78, 5) is 8.55. The summed E-state index contributed by atoms with van der Waals surface area (Å²) < 4.78 is 0. The van der Waals surface area contributed by atoms with Crippen LogP contribution < -0.4 is 5.32 Å². The largest absolute Gasteiger partial charge is 0.308 e. The molecular weight excluding hydrogens is 186 g/mol. The summed E-state index contributed by atoms with van der Waals surface area (Å²) in [5.41, 5.74) is 1.85. The molecule has 0 fully saturated rings. The SMILES string of the molecule is C#CCC(NCCC)c1cnc(C)cn1. The first-order valence-electron chi connectivity index (χ1n) is 5.23. The van der Waals surface area contributed by atoms with Crippen molar-refractivity contribution in [3.05, 3.63) is 23.8 Å². The molecule has 3 nitrogen and oxygen atoms in total. The van der Waals surface area contributed by atoms with Gasteiger partial charge < -0.3 is 5.32 Å². The summed E-state index contributed by atoms with van der Waals surface area (Å²) in [6.07, 6.45) is 10.6. The summed E-state index contributed by atoms with van der Waals surface area (Å²) in [6.45, 7) is 5.00. The van der Waals surface area contributed by atoms with Crippen LogP contribution in [0.3, 0.4) is 0 Å². The lowest BCUT2D eigenvalue weighted by Gasteiger charge is -2.14. The van der Waals surface area contributed by atoms with Crippen LogP contribution in [-0.4, -0.2) is 16.5 Å². The molecule has 0 aromatic carbocycles. The molecule has 1 N–H and O–H groups in total. The maximum atomic E-state index is 5.33. The van der Waals surface area contributed by atoms with Gasteiger partial charge in [-0.05, 0) is 19.9 Å². The van der Waals surface area contributed by atoms with E-state index in [4.69, 9.17) is 6.42 Å². The van der Waals surface area contributed by atoms with Gasteiger partial charge in [-0.25, -0.2) is 0 Å². The standard InChI is InChI=1S/C12H17N3/c1-4-6-11(13-7-5-2)12-9-14-10(3)8-15-12/h1,8-9,11,13H,5-7H2,2-3H3. The zero-order valence-electron chi connectivity index (χ0n) is 9.33. The minimum absolute atomic E-state index is 0.128. The first kappa shape index (κ1) is 11.7. The number of nitrogens with one attached hydrogen (secondary N) is 1. The summed E-state index contributed by atoms with van der Waals surface area (Å²) >= 11 is 0. The molecule has 0 aliphatic carbocycles. The van der Waals surface area contributed by atoms with Gasteiger partial charge in [-0.2, -0.15) is 0 Å². The molecule has 0 bridgehead atoms. The van der Waals surface area contributed by atoms with Gasteiger partial charge in [0.15, 0.2) is 0 Å². The summed E-state index contributed by atoms with van der Waals surface area (Å²) in [6, 6.07) is 0.128. The Balaban J connectivity index is 2.70. The lowest BCUT2D eigenvalue weighted by Crippen LogP contribution is -2.22. The van der Waals surface area contributed by atoms with Crippen LogP contribution in [0.4, 0.5) is 0 Å². The van der Waals surface area contributed by atoms with Gasteiger partial charge in [-0.3, -0.25) is 9.97 Å². The van der Waals surface area contributed by atoms with E-state index in [2.05, 4.69) is 28.1 Å². The molecule has 0 spiro atoms. The Kier molecular flexibility index (Phi) is 4.79. The first-order chi connectivity index (χ1) is 7.27. The van der Waals surface area contributed by atoms with Crippen molar-refractivity contribution < 1.29 is 0 Å². The number of hydrogen-bond donors (Lipinski definition) is 1. The lowest BCUT2D eigenvalue weighted by molar-refractivity contribution is 0.528. The highest BCUT2D eigenvalue weighted by molar-refractivity contribution is 5.08. The number of aryl methyl sites for hydroxylation is 1. The van der Waals surface area contributed by atoms with Crippen molar-refractivity contribution in [3.8, 4) is 12.3 Å². The van der Waals surface area contributed by atoms with Crippen molar-refractivity contribution in [2.75, 3.05) is 6.54 Å². The quantitative estimate of drug-likeness (QED) is 0.742. The molecular formula is C12H17N3. The van der Waals surface area contributed by atoms with Crippen LogP contribution in [0.1, 0.15) is 37.2 Å². The lowest BCUT2D eigenvalue weighted by atomic mass is 10.1. The molecule has 80 valence electrons. The summed E-state index contributed by atoms with van der Waals surface area (Å²) in [5, 5.41) is 3.36. The second-order valence-corrected chi connectivity index (χ2v) is 3.50. The fourth-order valence-corrected chi connectivity index (χ4v) is 1.30. The van der Waals surface area contributed by atoms with E-state index in [9.17, 15) is 0 Å². The van der Waals surface area contributed by atoms with Crippen LogP contribution in [0, 0.1) is 19.3 Å². The third-order valence-corrected chi connectivity index (χ3v) is 2.12. The van der Waals surface area contributed by atoms with Gasteiger partial charge in [0.05, 0.1) is 23.6 Å². The van der Waals surface area contributed by atoms with Crippen molar-refractivity contribution in [2.45, 2.75) is 32.7 Å². The van der Waals surface area contributed by atoms with E-state index in [0.717, 1.165) is 24.4 Å². The monoisotopic (exact) mass is 203 g/mol. The minimum atomic E-state index is 0.128. The van der Waals surface area contributed by atoms with Crippen molar-refractivity contribution in [3.63, 3.8) is 0 Å². The molecule has 1 unspecified atom stereocenters. The van der Waals surface area contributed by atoms with Gasteiger partial charge in [0.2, 0.25) is 0 Å². The van der Waals surface area contributed by atoms with Crippen LogP contribution in [-0.2, 0) is 0 Å². The molecule has 0 aliphatic heterocycles. The summed E-state index contributed by atoms with van der Waals surface area (Å²) in [5.74, 6) is 2.66. The topological polar surface area (TPSA) is 37.8 Å². The smallest absolute Gasteiger partial charge is 0.0766 e. The third kappa shape index (κ3) is 3.69. The molecule has 15 heavy (non-hydrogen) atoms. The van der Waals surface area contributed by atoms with Crippen LogP contribution in [0.15, 0.2) is 12.4 Å². The molecule has 1 aromatic rings. The Labute approximate surface area is 91.3 Å². The van der Waals surface area contributed by atoms with Gasteiger partial charge in [-0.1, -0.05) is 6.92 Å². The second kappa shape index (κ2) is 6.15. The van der Waals surface area contributed by atoms with Gasteiger partial charge >= 0.3 is 0 Å². The normalized spacial score (nSPS) is 12.1. The summed E-state index contributed by atoms with van der Waals surface area (Å²) in [7, 11) is 0. The maximum Gasteiger partial charge on any atom is 0.0766 e. The van der Waals surface area contributed by atoms with Crippen LogP contribution in [0.5, 0.6) is 0 Å². The minimum Gasteiger partial charge on any atom is -0.308 e. The molecule has 1 aromatic heterocycles.